The molecule has 94 valence electrons. The summed E-state index contributed by atoms with van der Waals surface area (Å²) < 4.78 is 0. The van der Waals surface area contributed by atoms with Crippen molar-refractivity contribution < 1.29 is 9.90 Å². The van der Waals surface area contributed by atoms with Crippen molar-refractivity contribution in [2.24, 2.45) is 5.92 Å². The average Bonchev–Trinajstić information content (AvgIpc) is 2.99. The molecule has 0 saturated carbocycles. The normalized spacial score (nSPS) is 31.7. The minimum Gasteiger partial charge on any atom is -0.480 e. The van der Waals surface area contributed by atoms with Gasteiger partial charge in [0.2, 0.25) is 0 Å². The molecule has 0 aromatic heterocycles. The second kappa shape index (κ2) is 4.25. The molecule has 1 aliphatic carbocycles. The van der Waals surface area contributed by atoms with E-state index >= 15 is 0 Å². The van der Waals surface area contributed by atoms with Gasteiger partial charge >= 0.3 is 5.97 Å². The van der Waals surface area contributed by atoms with Gasteiger partial charge in [0.15, 0.2) is 0 Å². The van der Waals surface area contributed by atoms with Crippen LogP contribution in [0, 0.1) is 5.92 Å². The van der Waals surface area contributed by atoms with Crippen molar-refractivity contribution in [1.29, 1.82) is 0 Å². The smallest absolute Gasteiger partial charge is 0.321 e. The molecule has 1 aromatic carbocycles. The highest BCUT2D eigenvalue weighted by molar-refractivity contribution is 5.75. The van der Waals surface area contributed by atoms with Crippen LogP contribution in [0.15, 0.2) is 42.5 Å². The van der Waals surface area contributed by atoms with Crippen LogP contribution in [0.3, 0.4) is 0 Å². The summed E-state index contributed by atoms with van der Waals surface area (Å²) in [4.78, 5) is 13.6. The fraction of sp³-hybridized carbons (Fsp3) is 0.400. The molecule has 1 aromatic rings. The first-order chi connectivity index (χ1) is 8.68. The van der Waals surface area contributed by atoms with Crippen molar-refractivity contribution in [3.05, 3.63) is 48.0 Å². The van der Waals surface area contributed by atoms with E-state index in [-0.39, 0.29) is 24.0 Å². The third-order valence-electron chi connectivity index (χ3n) is 4.19. The number of fused-ring (bicyclic) bond motifs is 2. The molecular weight excluding hydrogens is 226 g/mol. The van der Waals surface area contributed by atoms with Gasteiger partial charge in [-0.15, -0.1) is 0 Å². The first kappa shape index (κ1) is 11.5. The molecular formula is C15H17NO2. The maximum Gasteiger partial charge on any atom is 0.321 e. The number of carbonyl (C=O) groups is 1. The molecule has 1 saturated heterocycles. The third kappa shape index (κ3) is 1.66. The predicted molar refractivity (Wildman–Crippen MR) is 69.2 cm³/mol. The van der Waals surface area contributed by atoms with E-state index in [0.717, 1.165) is 6.42 Å². The van der Waals surface area contributed by atoms with Crippen molar-refractivity contribution in [3.8, 4) is 0 Å². The molecule has 3 rings (SSSR count). The summed E-state index contributed by atoms with van der Waals surface area (Å²) in [5.41, 5.74) is 1.18. The largest absolute Gasteiger partial charge is 0.480 e. The summed E-state index contributed by atoms with van der Waals surface area (Å²) in [6, 6.07) is 10.2. The van der Waals surface area contributed by atoms with Crippen molar-refractivity contribution in [2.75, 3.05) is 0 Å². The van der Waals surface area contributed by atoms with Gasteiger partial charge in [-0.05, 0) is 18.9 Å². The molecule has 3 heteroatoms. The molecule has 0 spiro atoms. The highest BCUT2D eigenvalue weighted by atomic mass is 16.4. The molecule has 1 heterocycles. The first-order valence-corrected chi connectivity index (χ1v) is 6.42. The van der Waals surface area contributed by atoms with E-state index in [4.69, 9.17) is 0 Å². The highest BCUT2D eigenvalue weighted by Crippen LogP contribution is 2.42. The van der Waals surface area contributed by atoms with Gasteiger partial charge < -0.3 is 5.11 Å². The standard InChI is InChI=1S/C15H17NO2/c1-10(11-5-3-2-4-6-11)16-13-8-7-12(9-13)14(16)15(17)18/h2-8,10,12-14H,9H2,1H3,(H,17,18)/t10?,12-,13+,14-/m0/s1. The number of rotatable bonds is 3. The van der Waals surface area contributed by atoms with Gasteiger partial charge in [-0.1, -0.05) is 42.5 Å². The number of carboxylic acid groups (broad SMARTS) is 1. The van der Waals surface area contributed by atoms with Crippen LogP contribution in [0.5, 0.6) is 0 Å². The number of nitrogens with zero attached hydrogens (tertiary/aromatic N) is 1. The molecule has 0 amide bonds. The van der Waals surface area contributed by atoms with Crippen LogP contribution >= 0.6 is 0 Å². The Hall–Kier alpha value is -1.61. The Bertz CT molecular complexity index is 483. The van der Waals surface area contributed by atoms with E-state index in [1.165, 1.54) is 5.56 Å². The fourth-order valence-corrected chi connectivity index (χ4v) is 3.33. The van der Waals surface area contributed by atoms with Crippen LogP contribution in [0.25, 0.3) is 0 Å². The number of likely N-dealkylation sites (tertiary alicyclic amines) is 1. The predicted octanol–water partition coefficient (Wildman–Crippen LogP) is 2.46. The fourth-order valence-electron chi connectivity index (χ4n) is 3.33. The van der Waals surface area contributed by atoms with Crippen LogP contribution in [-0.4, -0.2) is 28.1 Å². The molecule has 1 N–H and O–H groups in total. The maximum atomic E-state index is 11.5. The van der Waals surface area contributed by atoms with E-state index in [2.05, 4.69) is 36.1 Å². The van der Waals surface area contributed by atoms with Crippen LogP contribution < -0.4 is 0 Å². The van der Waals surface area contributed by atoms with E-state index in [9.17, 15) is 9.90 Å². The Morgan fingerprint density at radius 3 is 2.72 bits per heavy atom. The first-order valence-electron chi connectivity index (χ1n) is 6.42. The minimum atomic E-state index is -0.699. The van der Waals surface area contributed by atoms with Crippen molar-refractivity contribution in [2.45, 2.75) is 31.5 Å². The van der Waals surface area contributed by atoms with E-state index in [0.29, 0.717) is 0 Å². The molecule has 1 unspecified atom stereocenters. The van der Waals surface area contributed by atoms with Gasteiger partial charge in [0.05, 0.1) is 0 Å². The van der Waals surface area contributed by atoms with Crippen molar-refractivity contribution >= 4 is 5.97 Å². The molecule has 1 aliphatic heterocycles. The summed E-state index contributed by atoms with van der Waals surface area (Å²) in [5, 5.41) is 9.43. The monoisotopic (exact) mass is 243 g/mol. The van der Waals surface area contributed by atoms with Crippen LogP contribution in [0.1, 0.15) is 24.9 Å². The molecule has 4 atom stereocenters. The second-order valence-electron chi connectivity index (χ2n) is 5.17. The minimum absolute atomic E-state index is 0.146. The van der Waals surface area contributed by atoms with Crippen LogP contribution in [0.4, 0.5) is 0 Å². The van der Waals surface area contributed by atoms with Crippen molar-refractivity contribution in [3.63, 3.8) is 0 Å². The zero-order chi connectivity index (χ0) is 12.7. The molecule has 18 heavy (non-hydrogen) atoms. The topological polar surface area (TPSA) is 40.5 Å². The van der Waals surface area contributed by atoms with Crippen LogP contribution in [-0.2, 0) is 4.79 Å². The van der Waals surface area contributed by atoms with Gasteiger partial charge in [0.25, 0.3) is 0 Å². The Labute approximate surface area is 107 Å². The van der Waals surface area contributed by atoms with Gasteiger partial charge in [-0.25, -0.2) is 0 Å². The lowest BCUT2D eigenvalue weighted by Crippen LogP contribution is -2.45. The van der Waals surface area contributed by atoms with Gasteiger partial charge in [0.1, 0.15) is 6.04 Å². The van der Waals surface area contributed by atoms with E-state index < -0.39 is 5.97 Å². The third-order valence-corrected chi connectivity index (χ3v) is 4.19. The number of benzene rings is 1. The summed E-state index contributed by atoms with van der Waals surface area (Å²) in [7, 11) is 0. The van der Waals surface area contributed by atoms with E-state index in [1.807, 2.05) is 18.2 Å². The maximum absolute atomic E-state index is 11.5. The lowest BCUT2D eigenvalue weighted by molar-refractivity contribution is -0.144. The summed E-state index contributed by atoms with van der Waals surface area (Å²) in [5.74, 6) is -0.520. The zero-order valence-electron chi connectivity index (χ0n) is 10.4. The van der Waals surface area contributed by atoms with E-state index in [1.54, 1.807) is 0 Å². The Balaban J connectivity index is 1.91. The van der Waals surface area contributed by atoms with Crippen molar-refractivity contribution in [1.82, 2.24) is 4.90 Å². The van der Waals surface area contributed by atoms with Gasteiger partial charge in [-0.2, -0.15) is 0 Å². The number of aliphatic carboxylic acids is 1. The number of hydrogen-bond acceptors (Lipinski definition) is 2. The second-order valence-corrected chi connectivity index (χ2v) is 5.17. The quantitative estimate of drug-likeness (QED) is 0.829. The highest BCUT2D eigenvalue weighted by Gasteiger charge is 2.48. The Morgan fingerprint density at radius 1 is 1.33 bits per heavy atom. The molecule has 0 radical (unpaired) electrons. The summed E-state index contributed by atoms with van der Waals surface area (Å²) in [6.07, 6.45) is 5.18. The van der Waals surface area contributed by atoms with Crippen LogP contribution in [0.2, 0.25) is 0 Å². The lowest BCUT2D eigenvalue weighted by atomic mass is 9.99. The summed E-state index contributed by atoms with van der Waals surface area (Å²) >= 11 is 0. The molecule has 3 nitrogen and oxygen atoms in total. The number of carboxylic acids is 1. The lowest BCUT2D eigenvalue weighted by Gasteiger charge is -2.35. The zero-order valence-corrected chi connectivity index (χ0v) is 10.4. The number of hydrogen-bond donors (Lipinski definition) is 1. The Kier molecular flexibility index (Phi) is 2.71. The van der Waals surface area contributed by atoms with Gasteiger partial charge in [0, 0.05) is 18.0 Å². The molecule has 2 aliphatic rings. The SMILES string of the molecule is CC(c1ccccc1)N1[C@@H]2C=C[C@@H](C2)[C@H]1C(=O)O. The average molecular weight is 243 g/mol. The molecule has 2 bridgehead atoms. The Morgan fingerprint density at radius 2 is 2.06 bits per heavy atom. The summed E-state index contributed by atoms with van der Waals surface area (Å²) in [6.45, 7) is 2.10. The van der Waals surface area contributed by atoms with Gasteiger partial charge in [-0.3, -0.25) is 9.69 Å². The molecule has 1 fully saturated rings.